The molecule has 0 bridgehead atoms. The summed E-state index contributed by atoms with van der Waals surface area (Å²) in [5, 5.41) is 10.2. The van der Waals surface area contributed by atoms with Crippen molar-refractivity contribution < 1.29 is 14.3 Å². The number of hydrogen-bond donors (Lipinski definition) is 2. The van der Waals surface area contributed by atoms with E-state index in [4.69, 9.17) is 9.73 Å². The lowest BCUT2D eigenvalue weighted by Crippen LogP contribution is -2.50. The molecule has 2 fully saturated rings. The van der Waals surface area contributed by atoms with E-state index >= 15 is 0 Å². The Hall–Kier alpha value is -3.36. The number of benzene rings is 1. The monoisotopic (exact) mass is 422 g/mol. The van der Waals surface area contributed by atoms with Crippen molar-refractivity contribution in [1.82, 2.24) is 25.3 Å². The first kappa shape index (κ1) is 19.6. The van der Waals surface area contributed by atoms with Gasteiger partial charge in [0, 0.05) is 56.0 Å². The van der Waals surface area contributed by atoms with Gasteiger partial charge in [-0.25, -0.2) is 9.79 Å². The zero-order valence-electron chi connectivity index (χ0n) is 17.8. The summed E-state index contributed by atoms with van der Waals surface area (Å²) in [6, 6.07) is 3.74. The van der Waals surface area contributed by atoms with Crippen molar-refractivity contribution >= 4 is 23.5 Å². The molecule has 162 valence electrons. The molecule has 0 unspecified atom stereocenters. The molecule has 0 saturated carbocycles. The first-order valence-corrected chi connectivity index (χ1v) is 10.6. The molecule has 3 aliphatic rings. The van der Waals surface area contributed by atoms with Crippen molar-refractivity contribution in [3.05, 3.63) is 30.1 Å². The van der Waals surface area contributed by atoms with Gasteiger partial charge in [-0.15, -0.1) is 0 Å². The molecule has 2 aromatic rings. The number of urea groups is 1. The Morgan fingerprint density at radius 3 is 2.71 bits per heavy atom. The number of fused-ring (bicyclic) bond motifs is 1. The van der Waals surface area contributed by atoms with E-state index in [-0.39, 0.29) is 17.4 Å². The number of likely N-dealkylation sites (tertiary alicyclic amines) is 1. The fraction of sp³-hybridized carbons (Fsp3) is 0.455. The van der Waals surface area contributed by atoms with E-state index in [2.05, 4.69) is 15.7 Å². The maximum atomic E-state index is 12.9. The summed E-state index contributed by atoms with van der Waals surface area (Å²) in [5.41, 5.74) is 3.40. The number of hydrogen-bond acceptors (Lipinski definition) is 5. The third kappa shape index (κ3) is 3.34. The van der Waals surface area contributed by atoms with Crippen LogP contribution in [0.1, 0.15) is 24.8 Å². The second kappa shape index (κ2) is 7.40. The molecule has 2 saturated heterocycles. The normalized spacial score (nSPS) is 19.2. The van der Waals surface area contributed by atoms with E-state index in [1.165, 1.54) is 0 Å². The van der Waals surface area contributed by atoms with Gasteiger partial charge in [0.1, 0.15) is 11.6 Å². The Kier molecular flexibility index (Phi) is 4.68. The van der Waals surface area contributed by atoms with Crippen LogP contribution in [0.15, 0.2) is 29.5 Å². The number of carbonyl (C=O) groups excluding carboxylic acids is 2. The number of nitrogens with zero attached hydrogens (tertiary/aromatic N) is 4. The molecule has 1 aromatic carbocycles. The van der Waals surface area contributed by atoms with Crippen LogP contribution in [-0.2, 0) is 18.3 Å². The molecule has 9 heteroatoms. The van der Waals surface area contributed by atoms with E-state index in [9.17, 15) is 9.59 Å². The number of aliphatic imine (C=N–C) groups is 1. The molecule has 4 heterocycles. The van der Waals surface area contributed by atoms with Crippen molar-refractivity contribution in [3.8, 4) is 16.9 Å². The predicted molar refractivity (Wildman–Crippen MR) is 115 cm³/mol. The van der Waals surface area contributed by atoms with Gasteiger partial charge >= 0.3 is 6.03 Å². The van der Waals surface area contributed by atoms with Crippen molar-refractivity contribution in [2.75, 3.05) is 26.7 Å². The van der Waals surface area contributed by atoms with Crippen molar-refractivity contribution in [2.24, 2.45) is 17.5 Å². The third-order valence-electron chi connectivity index (χ3n) is 6.70. The molecule has 3 aliphatic heterocycles. The maximum absolute atomic E-state index is 12.9. The second-order valence-electron chi connectivity index (χ2n) is 8.48. The van der Waals surface area contributed by atoms with Gasteiger partial charge in [-0.1, -0.05) is 0 Å². The van der Waals surface area contributed by atoms with Crippen LogP contribution in [0.2, 0.25) is 0 Å². The van der Waals surface area contributed by atoms with Gasteiger partial charge in [-0.2, -0.15) is 5.10 Å². The number of methoxy groups -OCH3 is 1. The van der Waals surface area contributed by atoms with Crippen LogP contribution in [0.5, 0.6) is 5.75 Å². The van der Waals surface area contributed by atoms with E-state index in [1.54, 1.807) is 22.9 Å². The Labute approximate surface area is 180 Å². The topological polar surface area (TPSA) is 101 Å². The van der Waals surface area contributed by atoms with Gasteiger partial charge in [-0.05, 0) is 31.4 Å². The number of carbonyl (C=O) groups is 2. The summed E-state index contributed by atoms with van der Waals surface area (Å²) >= 11 is 0. The van der Waals surface area contributed by atoms with E-state index in [1.807, 2.05) is 25.4 Å². The van der Waals surface area contributed by atoms with Crippen LogP contribution < -0.4 is 15.4 Å². The quantitative estimate of drug-likeness (QED) is 0.773. The van der Waals surface area contributed by atoms with E-state index in [0.717, 1.165) is 41.1 Å². The van der Waals surface area contributed by atoms with Crippen molar-refractivity contribution in [2.45, 2.75) is 25.7 Å². The molecule has 2 N–H and O–H groups in total. The minimum Gasteiger partial charge on any atom is -0.496 e. The second-order valence-corrected chi connectivity index (χ2v) is 8.48. The molecule has 0 radical (unpaired) electrons. The predicted octanol–water partition coefficient (Wildman–Crippen LogP) is 1.99. The highest BCUT2D eigenvalue weighted by Crippen LogP contribution is 2.42. The lowest BCUT2D eigenvalue weighted by molar-refractivity contribution is -0.129. The molecule has 1 aromatic heterocycles. The van der Waals surface area contributed by atoms with Crippen LogP contribution in [0, 0.1) is 5.41 Å². The smallest absolute Gasteiger partial charge is 0.322 e. The molecule has 1 spiro atoms. The number of aromatic nitrogens is 2. The summed E-state index contributed by atoms with van der Waals surface area (Å²) in [6.07, 6.45) is 6.52. The Morgan fingerprint density at radius 1 is 1.26 bits per heavy atom. The highest BCUT2D eigenvalue weighted by atomic mass is 16.5. The van der Waals surface area contributed by atoms with Crippen LogP contribution in [-0.4, -0.2) is 59.2 Å². The number of piperidine rings is 1. The number of nitrogens with one attached hydrogen (secondary N) is 2. The van der Waals surface area contributed by atoms with E-state index in [0.29, 0.717) is 38.2 Å². The van der Waals surface area contributed by atoms with Crippen molar-refractivity contribution in [3.63, 3.8) is 0 Å². The summed E-state index contributed by atoms with van der Waals surface area (Å²) < 4.78 is 7.28. The Bertz CT molecular complexity index is 1080. The highest BCUT2D eigenvalue weighted by molar-refractivity contribution is 6.05. The van der Waals surface area contributed by atoms with Gasteiger partial charge in [0.25, 0.3) is 0 Å². The van der Waals surface area contributed by atoms with Gasteiger partial charge in [0.05, 0.1) is 24.4 Å². The highest BCUT2D eigenvalue weighted by Gasteiger charge is 2.45. The lowest BCUT2D eigenvalue weighted by atomic mass is 9.77. The molecule has 9 nitrogen and oxygen atoms in total. The number of amides is 3. The SMILES string of the molecule is COc1ccc(-c2cnn(C)c2)c2c1CC(NC(=O)N1CCC3(CCNC3=O)CC1)=N2. The van der Waals surface area contributed by atoms with Crippen LogP contribution in [0.25, 0.3) is 11.1 Å². The fourth-order valence-electron chi connectivity index (χ4n) is 4.85. The molecule has 31 heavy (non-hydrogen) atoms. The molecule has 0 atom stereocenters. The minimum absolute atomic E-state index is 0.137. The van der Waals surface area contributed by atoms with Crippen LogP contribution in [0.4, 0.5) is 10.5 Å². The Balaban J connectivity index is 1.32. The molecule has 0 aliphatic carbocycles. The van der Waals surface area contributed by atoms with E-state index < -0.39 is 0 Å². The van der Waals surface area contributed by atoms with Gasteiger partial charge in [0.15, 0.2) is 0 Å². The zero-order chi connectivity index (χ0) is 21.6. The zero-order valence-corrected chi connectivity index (χ0v) is 17.8. The molecule has 5 rings (SSSR count). The third-order valence-corrected chi connectivity index (χ3v) is 6.70. The summed E-state index contributed by atoms with van der Waals surface area (Å²) in [6.45, 7) is 1.88. The average Bonchev–Trinajstić information content (AvgIpc) is 3.47. The number of ether oxygens (including phenoxy) is 1. The largest absolute Gasteiger partial charge is 0.496 e. The maximum Gasteiger partial charge on any atom is 0.322 e. The summed E-state index contributed by atoms with van der Waals surface area (Å²) in [7, 11) is 3.51. The van der Waals surface area contributed by atoms with Gasteiger partial charge in [-0.3, -0.25) is 14.8 Å². The van der Waals surface area contributed by atoms with Crippen LogP contribution >= 0.6 is 0 Å². The number of amidine groups is 1. The van der Waals surface area contributed by atoms with Gasteiger partial charge < -0.3 is 15.0 Å². The first-order valence-electron chi connectivity index (χ1n) is 10.6. The summed E-state index contributed by atoms with van der Waals surface area (Å²) in [5.74, 6) is 1.49. The standard InChI is InChI=1S/C22H26N6O3/c1-27-13-14(12-24-27)15-3-4-17(31-2)16-11-18(25-19(15)16)26-21(30)28-9-6-22(7-10-28)5-8-23-20(22)29/h3-4,12-13H,5-11H2,1-2H3,(H,23,29)(H,25,26,30). The molecule has 3 amide bonds. The first-order chi connectivity index (χ1) is 15.0. The van der Waals surface area contributed by atoms with Gasteiger partial charge in [0.2, 0.25) is 5.91 Å². The summed E-state index contributed by atoms with van der Waals surface area (Å²) in [4.78, 5) is 31.6. The fourth-order valence-corrected chi connectivity index (χ4v) is 4.85. The molecular weight excluding hydrogens is 396 g/mol. The number of rotatable bonds is 2. The lowest BCUT2D eigenvalue weighted by Gasteiger charge is -2.37. The minimum atomic E-state index is -0.288. The molecular formula is C22H26N6O3. The van der Waals surface area contributed by atoms with Crippen LogP contribution in [0.3, 0.4) is 0 Å². The number of aryl methyl sites for hydroxylation is 1. The average molecular weight is 422 g/mol. The Morgan fingerprint density at radius 2 is 2.06 bits per heavy atom. The van der Waals surface area contributed by atoms with Crippen molar-refractivity contribution in [1.29, 1.82) is 0 Å².